The molecule has 1 aromatic rings. The van der Waals surface area contributed by atoms with Crippen molar-refractivity contribution < 1.29 is 4.79 Å². The van der Waals surface area contributed by atoms with E-state index in [2.05, 4.69) is 39.4 Å². The minimum Gasteiger partial charge on any atom is -0.356 e. The van der Waals surface area contributed by atoms with Gasteiger partial charge in [-0.15, -0.1) is 0 Å². The fourth-order valence-electron chi connectivity index (χ4n) is 2.58. The highest BCUT2D eigenvalue weighted by atomic mass is 79.9. The number of halogens is 1. The molecule has 3 heteroatoms. The molecule has 1 aliphatic carbocycles. The van der Waals surface area contributed by atoms with Gasteiger partial charge in [0, 0.05) is 11.9 Å². The number of benzene rings is 1. The standard InChI is InChI=1S/C15H20BrNO/c16-10-3-4-11-17-15(18)14-9-5-7-12-6-1-2-8-13(12)14/h1-2,6,8,14H,3-5,7,9-11H2,(H,17,18). The highest BCUT2D eigenvalue weighted by molar-refractivity contribution is 9.09. The lowest BCUT2D eigenvalue weighted by Gasteiger charge is -2.24. The third-order valence-electron chi connectivity index (χ3n) is 3.55. The number of carbonyl (C=O) groups excluding carboxylic acids is 1. The molecule has 1 N–H and O–H groups in total. The maximum Gasteiger partial charge on any atom is 0.227 e. The number of hydrogen-bond donors (Lipinski definition) is 1. The van der Waals surface area contributed by atoms with Gasteiger partial charge in [-0.05, 0) is 43.2 Å². The molecule has 2 nitrogen and oxygen atoms in total. The number of carbonyl (C=O) groups is 1. The van der Waals surface area contributed by atoms with Gasteiger partial charge in [-0.3, -0.25) is 4.79 Å². The van der Waals surface area contributed by atoms with Gasteiger partial charge in [0.25, 0.3) is 0 Å². The number of amides is 1. The molecule has 0 saturated heterocycles. The fourth-order valence-corrected chi connectivity index (χ4v) is 2.98. The van der Waals surface area contributed by atoms with Gasteiger partial charge in [0.15, 0.2) is 0 Å². The predicted molar refractivity (Wildman–Crippen MR) is 78.2 cm³/mol. The summed E-state index contributed by atoms with van der Waals surface area (Å²) in [5.74, 6) is 0.274. The van der Waals surface area contributed by atoms with Gasteiger partial charge in [0.2, 0.25) is 5.91 Å². The van der Waals surface area contributed by atoms with Crippen molar-refractivity contribution in [3.63, 3.8) is 0 Å². The Morgan fingerprint density at radius 2 is 2.17 bits per heavy atom. The van der Waals surface area contributed by atoms with E-state index in [0.29, 0.717) is 0 Å². The maximum absolute atomic E-state index is 12.2. The zero-order valence-electron chi connectivity index (χ0n) is 10.6. The van der Waals surface area contributed by atoms with Crippen LogP contribution in [0.25, 0.3) is 0 Å². The number of hydrogen-bond acceptors (Lipinski definition) is 1. The summed E-state index contributed by atoms with van der Waals surface area (Å²) in [6.45, 7) is 0.795. The minimum absolute atomic E-state index is 0.0684. The van der Waals surface area contributed by atoms with Crippen LogP contribution >= 0.6 is 15.9 Å². The van der Waals surface area contributed by atoms with Crippen LogP contribution in [0.4, 0.5) is 0 Å². The van der Waals surface area contributed by atoms with Crippen LogP contribution in [-0.2, 0) is 11.2 Å². The molecule has 98 valence electrons. The first-order valence-electron chi connectivity index (χ1n) is 6.74. The van der Waals surface area contributed by atoms with Crippen LogP contribution in [0.3, 0.4) is 0 Å². The van der Waals surface area contributed by atoms with Crippen molar-refractivity contribution >= 4 is 21.8 Å². The molecule has 0 aliphatic heterocycles. The molecule has 0 bridgehead atoms. The van der Waals surface area contributed by atoms with Gasteiger partial charge in [-0.2, -0.15) is 0 Å². The van der Waals surface area contributed by atoms with Crippen LogP contribution in [0.2, 0.25) is 0 Å². The first kappa shape index (κ1) is 13.6. The van der Waals surface area contributed by atoms with E-state index < -0.39 is 0 Å². The molecule has 0 radical (unpaired) electrons. The molecule has 18 heavy (non-hydrogen) atoms. The van der Waals surface area contributed by atoms with Crippen LogP contribution in [-0.4, -0.2) is 17.8 Å². The highest BCUT2D eigenvalue weighted by Crippen LogP contribution is 2.31. The van der Waals surface area contributed by atoms with E-state index in [9.17, 15) is 4.79 Å². The second kappa shape index (κ2) is 6.93. The van der Waals surface area contributed by atoms with Gasteiger partial charge in [-0.25, -0.2) is 0 Å². The Bertz CT molecular complexity index is 405. The number of nitrogens with one attached hydrogen (secondary N) is 1. The number of unbranched alkanes of at least 4 members (excludes halogenated alkanes) is 1. The first-order chi connectivity index (χ1) is 8.83. The predicted octanol–water partition coefficient (Wildman–Crippen LogP) is 3.40. The van der Waals surface area contributed by atoms with Crippen LogP contribution in [0.5, 0.6) is 0 Å². The lowest BCUT2D eigenvalue weighted by Crippen LogP contribution is -2.32. The Morgan fingerprint density at radius 1 is 1.33 bits per heavy atom. The van der Waals surface area contributed by atoms with Crippen molar-refractivity contribution in [3.05, 3.63) is 35.4 Å². The molecule has 0 saturated carbocycles. The molecule has 0 heterocycles. The van der Waals surface area contributed by atoms with Crippen molar-refractivity contribution in [3.8, 4) is 0 Å². The Kier molecular flexibility index (Phi) is 5.24. The van der Waals surface area contributed by atoms with Gasteiger partial charge < -0.3 is 5.32 Å². The van der Waals surface area contributed by atoms with E-state index in [-0.39, 0.29) is 11.8 Å². The van der Waals surface area contributed by atoms with Gasteiger partial charge in [0.05, 0.1) is 5.92 Å². The summed E-state index contributed by atoms with van der Waals surface area (Å²) in [6.07, 6.45) is 5.38. The van der Waals surface area contributed by atoms with Gasteiger partial charge in [-0.1, -0.05) is 40.2 Å². The van der Waals surface area contributed by atoms with Crippen molar-refractivity contribution in [1.82, 2.24) is 5.32 Å². The lowest BCUT2D eigenvalue weighted by atomic mass is 9.82. The molecule has 1 aliphatic rings. The number of fused-ring (bicyclic) bond motifs is 1. The molecule has 1 atom stereocenters. The molecule has 1 amide bonds. The molecule has 0 aromatic heterocycles. The molecule has 1 aromatic carbocycles. The normalized spacial score (nSPS) is 18.2. The summed E-state index contributed by atoms with van der Waals surface area (Å²) in [7, 11) is 0. The Morgan fingerprint density at radius 3 is 3.00 bits per heavy atom. The van der Waals surface area contributed by atoms with E-state index in [1.165, 1.54) is 11.1 Å². The summed E-state index contributed by atoms with van der Waals surface area (Å²) < 4.78 is 0. The van der Waals surface area contributed by atoms with E-state index in [4.69, 9.17) is 0 Å². The Labute approximate surface area is 117 Å². The molecule has 1 unspecified atom stereocenters. The average Bonchev–Trinajstić information content (AvgIpc) is 2.43. The van der Waals surface area contributed by atoms with Crippen LogP contribution in [0, 0.1) is 0 Å². The lowest BCUT2D eigenvalue weighted by molar-refractivity contribution is -0.122. The van der Waals surface area contributed by atoms with E-state index in [1.54, 1.807) is 0 Å². The second-order valence-electron chi connectivity index (χ2n) is 4.83. The number of alkyl halides is 1. The SMILES string of the molecule is O=C(NCCCCBr)C1CCCc2ccccc21. The average molecular weight is 310 g/mol. The largest absolute Gasteiger partial charge is 0.356 e. The zero-order valence-corrected chi connectivity index (χ0v) is 12.2. The molecule has 2 rings (SSSR count). The highest BCUT2D eigenvalue weighted by Gasteiger charge is 2.25. The maximum atomic E-state index is 12.2. The third kappa shape index (κ3) is 3.35. The van der Waals surface area contributed by atoms with E-state index in [1.807, 2.05) is 6.07 Å². The van der Waals surface area contributed by atoms with Crippen LogP contribution in [0.15, 0.2) is 24.3 Å². The number of rotatable bonds is 5. The summed E-state index contributed by atoms with van der Waals surface area (Å²) in [6, 6.07) is 8.36. The Hall–Kier alpha value is -0.830. The van der Waals surface area contributed by atoms with E-state index in [0.717, 1.165) is 44.0 Å². The first-order valence-corrected chi connectivity index (χ1v) is 7.86. The van der Waals surface area contributed by atoms with Crippen molar-refractivity contribution in [2.24, 2.45) is 0 Å². The smallest absolute Gasteiger partial charge is 0.227 e. The summed E-state index contributed by atoms with van der Waals surface area (Å²) in [5.41, 5.74) is 2.59. The molecule has 0 spiro atoms. The summed E-state index contributed by atoms with van der Waals surface area (Å²) in [5, 5.41) is 4.08. The topological polar surface area (TPSA) is 29.1 Å². The van der Waals surface area contributed by atoms with Crippen molar-refractivity contribution in [2.45, 2.75) is 38.0 Å². The fraction of sp³-hybridized carbons (Fsp3) is 0.533. The monoisotopic (exact) mass is 309 g/mol. The summed E-state index contributed by atoms with van der Waals surface area (Å²) in [4.78, 5) is 12.2. The molecule has 0 fully saturated rings. The van der Waals surface area contributed by atoms with Crippen LogP contribution < -0.4 is 5.32 Å². The van der Waals surface area contributed by atoms with Crippen LogP contribution in [0.1, 0.15) is 42.7 Å². The Balaban J connectivity index is 1.95. The molecular formula is C15H20BrNO. The second-order valence-corrected chi connectivity index (χ2v) is 5.62. The third-order valence-corrected chi connectivity index (χ3v) is 4.11. The van der Waals surface area contributed by atoms with Crippen molar-refractivity contribution in [2.75, 3.05) is 11.9 Å². The van der Waals surface area contributed by atoms with Gasteiger partial charge >= 0.3 is 0 Å². The zero-order chi connectivity index (χ0) is 12.8. The molecular weight excluding hydrogens is 290 g/mol. The number of aryl methyl sites for hydroxylation is 1. The van der Waals surface area contributed by atoms with E-state index >= 15 is 0 Å². The minimum atomic E-state index is 0.0684. The van der Waals surface area contributed by atoms with Gasteiger partial charge in [0.1, 0.15) is 0 Å². The summed E-state index contributed by atoms with van der Waals surface area (Å²) >= 11 is 3.40. The van der Waals surface area contributed by atoms with Crippen molar-refractivity contribution in [1.29, 1.82) is 0 Å². The quantitative estimate of drug-likeness (QED) is 0.655.